The van der Waals surface area contributed by atoms with Crippen LogP contribution in [0.25, 0.3) is 0 Å². The van der Waals surface area contributed by atoms with E-state index in [1.165, 1.54) is 11.5 Å². The summed E-state index contributed by atoms with van der Waals surface area (Å²) in [5.41, 5.74) is 1.21. The van der Waals surface area contributed by atoms with Gasteiger partial charge in [-0.05, 0) is 24.7 Å². The maximum atomic E-state index is 4.70. The molecule has 17 heavy (non-hydrogen) atoms. The summed E-state index contributed by atoms with van der Waals surface area (Å²) in [6.45, 7) is 13.1. The van der Waals surface area contributed by atoms with Crippen LogP contribution in [0.2, 0.25) is 0 Å². The molecule has 0 amide bonds. The van der Waals surface area contributed by atoms with Gasteiger partial charge in [-0.15, -0.1) is 0 Å². The molecule has 1 aromatic heterocycles. The van der Waals surface area contributed by atoms with Gasteiger partial charge < -0.3 is 5.32 Å². The average Bonchev–Trinajstić information content (AvgIpc) is 2.55. The Hall–Kier alpha value is -0.990. The minimum absolute atomic E-state index is 0.629. The van der Waals surface area contributed by atoms with Gasteiger partial charge in [0.25, 0.3) is 0 Å². The van der Waals surface area contributed by atoms with Crippen LogP contribution >= 0.6 is 0 Å². The number of aromatic nitrogens is 2. The van der Waals surface area contributed by atoms with Gasteiger partial charge in [0, 0.05) is 19.2 Å². The highest BCUT2D eigenvalue weighted by molar-refractivity contribution is 5.37. The molecule has 1 heterocycles. The van der Waals surface area contributed by atoms with E-state index in [0.717, 1.165) is 25.9 Å². The van der Waals surface area contributed by atoms with Gasteiger partial charge >= 0.3 is 0 Å². The summed E-state index contributed by atoms with van der Waals surface area (Å²) in [5, 5.41) is 8.16. The fourth-order valence-electron chi connectivity index (χ4n) is 1.87. The summed E-state index contributed by atoms with van der Waals surface area (Å²) in [4.78, 5) is 0. The number of rotatable bonds is 7. The van der Waals surface area contributed by atoms with E-state index < -0.39 is 0 Å². The van der Waals surface area contributed by atoms with Crippen LogP contribution in [0, 0.1) is 11.8 Å². The van der Waals surface area contributed by atoms with Crippen molar-refractivity contribution >= 4 is 5.82 Å². The molecule has 0 aliphatic heterocycles. The lowest BCUT2D eigenvalue weighted by Crippen LogP contribution is -2.12. The Kier molecular flexibility index (Phi) is 5.52. The number of hydrogen-bond donors (Lipinski definition) is 1. The van der Waals surface area contributed by atoms with Crippen molar-refractivity contribution in [1.82, 2.24) is 9.78 Å². The fraction of sp³-hybridized carbons (Fsp3) is 0.786. The molecule has 98 valence electrons. The summed E-state index contributed by atoms with van der Waals surface area (Å²) >= 11 is 0. The molecular weight excluding hydrogens is 210 g/mol. The first-order chi connectivity index (χ1) is 8.02. The highest BCUT2D eigenvalue weighted by atomic mass is 15.3. The molecule has 0 aromatic carbocycles. The average molecular weight is 237 g/mol. The minimum atomic E-state index is 0.629. The minimum Gasteiger partial charge on any atom is -0.370 e. The summed E-state index contributed by atoms with van der Waals surface area (Å²) in [6, 6.07) is 2.21. The van der Waals surface area contributed by atoms with Crippen LogP contribution in [-0.4, -0.2) is 16.3 Å². The monoisotopic (exact) mass is 237 g/mol. The molecule has 0 bridgehead atoms. The van der Waals surface area contributed by atoms with Crippen molar-refractivity contribution < 1.29 is 0 Å². The molecule has 1 aromatic rings. The molecule has 1 N–H and O–H groups in total. The van der Waals surface area contributed by atoms with E-state index in [0.29, 0.717) is 11.8 Å². The fourth-order valence-corrected chi connectivity index (χ4v) is 1.87. The molecular formula is C14H27N3. The molecule has 0 atom stereocenters. The second kappa shape index (κ2) is 6.67. The number of hydrogen-bond acceptors (Lipinski definition) is 2. The molecule has 0 saturated carbocycles. The first-order valence-electron chi connectivity index (χ1n) is 6.83. The van der Waals surface area contributed by atoms with Gasteiger partial charge in [-0.1, -0.05) is 34.6 Å². The lowest BCUT2D eigenvalue weighted by atomic mass is 10.1. The van der Waals surface area contributed by atoms with E-state index >= 15 is 0 Å². The van der Waals surface area contributed by atoms with Crippen molar-refractivity contribution in [2.24, 2.45) is 11.8 Å². The van der Waals surface area contributed by atoms with E-state index in [2.05, 4.69) is 50.7 Å². The molecule has 3 nitrogen and oxygen atoms in total. The van der Waals surface area contributed by atoms with E-state index in [-0.39, 0.29) is 0 Å². The van der Waals surface area contributed by atoms with E-state index in [9.17, 15) is 0 Å². The molecule has 0 aliphatic rings. The maximum Gasteiger partial charge on any atom is 0.124 e. The zero-order chi connectivity index (χ0) is 12.8. The zero-order valence-corrected chi connectivity index (χ0v) is 12.0. The Morgan fingerprint density at radius 1 is 1.24 bits per heavy atom. The van der Waals surface area contributed by atoms with Crippen molar-refractivity contribution in [2.75, 3.05) is 11.9 Å². The third-order valence-corrected chi connectivity index (χ3v) is 2.54. The van der Waals surface area contributed by atoms with Gasteiger partial charge in [0.05, 0.1) is 5.69 Å². The molecule has 0 fully saturated rings. The maximum absolute atomic E-state index is 4.70. The van der Waals surface area contributed by atoms with E-state index in [1.807, 2.05) is 0 Å². The van der Waals surface area contributed by atoms with E-state index in [4.69, 9.17) is 5.10 Å². The molecule has 0 spiro atoms. The molecule has 0 saturated heterocycles. The first kappa shape index (κ1) is 14.1. The lowest BCUT2D eigenvalue weighted by molar-refractivity contribution is 0.480. The Bertz CT molecular complexity index is 326. The summed E-state index contributed by atoms with van der Waals surface area (Å²) in [6.07, 6.45) is 2.21. The smallest absolute Gasteiger partial charge is 0.124 e. The predicted molar refractivity (Wildman–Crippen MR) is 74.4 cm³/mol. The van der Waals surface area contributed by atoms with Crippen LogP contribution in [-0.2, 0) is 13.0 Å². The van der Waals surface area contributed by atoms with Crippen molar-refractivity contribution in [1.29, 1.82) is 0 Å². The summed E-state index contributed by atoms with van der Waals surface area (Å²) in [5.74, 6) is 2.47. The quantitative estimate of drug-likeness (QED) is 0.786. The normalized spacial score (nSPS) is 11.5. The topological polar surface area (TPSA) is 29.9 Å². The SMILES string of the molecule is CCCNc1cc(CC(C)C)nn1CC(C)C. The van der Waals surface area contributed by atoms with Gasteiger partial charge in [0.1, 0.15) is 5.82 Å². The Morgan fingerprint density at radius 2 is 1.94 bits per heavy atom. The van der Waals surface area contributed by atoms with Crippen LogP contribution in [0.3, 0.4) is 0 Å². The molecule has 0 unspecified atom stereocenters. The number of anilines is 1. The van der Waals surface area contributed by atoms with Gasteiger partial charge in [-0.25, -0.2) is 4.68 Å². The van der Waals surface area contributed by atoms with Crippen LogP contribution in [0.1, 0.15) is 46.7 Å². The zero-order valence-electron chi connectivity index (χ0n) is 12.0. The third kappa shape index (κ3) is 4.80. The lowest BCUT2D eigenvalue weighted by Gasteiger charge is -2.10. The largest absolute Gasteiger partial charge is 0.370 e. The number of nitrogens with one attached hydrogen (secondary N) is 1. The van der Waals surface area contributed by atoms with Gasteiger partial charge in [-0.2, -0.15) is 5.10 Å². The second-order valence-corrected chi connectivity index (χ2v) is 5.62. The third-order valence-electron chi connectivity index (χ3n) is 2.54. The van der Waals surface area contributed by atoms with Gasteiger partial charge in [0.15, 0.2) is 0 Å². The van der Waals surface area contributed by atoms with Crippen LogP contribution in [0.15, 0.2) is 6.07 Å². The second-order valence-electron chi connectivity index (χ2n) is 5.62. The van der Waals surface area contributed by atoms with E-state index in [1.54, 1.807) is 0 Å². The Labute approximate surface area is 106 Å². The van der Waals surface area contributed by atoms with Crippen LogP contribution in [0.5, 0.6) is 0 Å². The van der Waals surface area contributed by atoms with Crippen molar-refractivity contribution in [3.05, 3.63) is 11.8 Å². The molecule has 0 aliphatic carbocycles. The summed E-state index contributed by atoms with van der Waals surface area (Å²) < 4.78 is 2.12. The van der Waals surface area contributed by atoms with Crippen LogP contribution in [0.4, 0.5) is 5.82 Å². The predicted octanol–water partition coefficient (Wildman–Crippen LogP) is 3.56. The van der Waals surface area contributed by atoms with Crippen molar-refractivity contribution in [3.63, 3.8) is 0 Å². The van der Waals surface area contributed by atoms with Gasteiger partial charge in [0.2, 0.25) is 0 Å². The Morgan fingerprint density at radius 3 is 2.47 bits per heavy atom. The summed E-state index contributed by atoms with van der Waals surface area (Å²) in [7, 11) is 0. The van der Waals surface area contributed by atoms with Gasteiger partial charge in [-0.3, -0.25) is 0 Å². The van der Waals surface area contributed by atoms with Crippen molar-refractivity contribution in [2.45, 2.75) is 54.0 Å². The first-order valence-corrected chi connectivity index (χ1v) is 6.83. The highest BCUT2D eigenvalue weighted by Gasteiger charge is 2.09. The standard InChI is InChI=1S/C14H27N3/c1-6-7-15-14-9-13(8-11(2)3)16-17(14)10-12(4)5/h9,11-12,15H,6-8,10H2,1-5H3. The molecule has 1 rings (SSSR count). The van der Waals surface area contributed by atoms with Crippen molar-refractivity contribution in [3.8, 4) is 0 Å². The molecule has 0 radical (unpaired) electrons. The van der Waals surface area contributed by atoms with Crippen LogP contribution < -0.4 is 5.32 Å². The Balaban J connectivity index is 2.78. The number of nitrogens with zero attached hydrogens (tertiary/aromatic N) is 2. The highest BCUT2D eigenvalue weighted by Crippen LogP contribution is 2.15. The molecule has 3 heteroatoms.